The average Bonchev–Trinajstić information content (AvgIpc) is 2.73. The van der Waals surface area contributed by atoms with Gasteiger partial charge in [0.2, 0.25) is 0 Å². The van der Waals surface area contributed by atoms with Gasteiger partial charge in [-0.05, 0) is 47.6 Å². The van der Waals surface area contributed by atoms with Gasteiger partial charge in [-0.15, -0.1) is 0 Å². The van der Waals surface area contributed by atoms with Crippen molar-refractivity contribution in [2.45, 2.75) is 142 Å². The van der Waals surface area contributed by atoms with Crippen LogP contribution in [-0.2, 0) is 10.8 Å². The maximum absolute atomic E-state index is 4.76. The van der Waals surface area contributed by atoms with Crippen molar-refractivity contribution in [3.8, 4) is 0 Å². The normalized spacial score (nSPS) is 15.9. The number of rotatable bonds is 16. The lowest BCUT2D eigenvalue weighted by Crippen LogP contribution is -2.26. The summed E-state index contributed by atoms with van der Waals surface area (Å²) in [4.78, 5) is 4.76. The molecule has 162 valence electrons. The number of hydrogen-bond acceptors (Lipinski definition) is 1. The zero-order chi connectivity index (χ0) is 20.9. The molecule has 0 fully saturated rings. The van der Waals surface area contributed by atoms with Gasteiger partial charge in [0.25, 0.3) is 0 Å². The van der Waals surface area contributed by atoms with Crippen molar-refractivity contribution in [3.05, 3.63) is 29.6 Å². The van der Waals surface area contributed by atoms with Crippen LogP contribution in [0.5, 0.6) is 0 Å². The highest BCUT2D eigenvalue weighted by atomic mass is 14.6. The lowest BCUT2D eigenvalue weighted by atomic mass is 9.71. The van der Waals surface area contributed by atoms with Gasteiger partial charge in [-0.3, -0.25) is 4.98 Å². The molecular formula is C27H49N. The van der Waals surface area contributed by atoms with Gasteiger partial charge in [-0.2, -0.15) is 0 Å². The molecule has 1 aromatic heterocycles. The second-order valence-corrected chi connectivity index (χ2v) is 9.66. The first-order chi connectivity index (χ1) is 13.5. The second-order valence-electron chi connectivity index (χ2n) is 9.66. The molecule has 0 bridgehead atoms. The molecule has 0 spiro atoms. The van der Waals surface area contributed by atoms with Gasteiger partial charge < -0.3 is 0 Å². The summed E-state index contributed by atoms with van der Waals surface area (Å²) in [5.74, 6) is 0. The second kappa shape index (κ2) is 13.4. The smallest absolute Gasteiger partial charge is 0.0305 e. The van der Waals surface area contributed by atoms with Gasteiger partial charge in [0, 0.05) is 12.4 Å². The average molecular weight is 388 g/mol. The highest BCUT2D eigenvalue weighted by Gasteiger charge is 2.29. The molecule has 0 saturated carbocycles. The zero-order valence-electron chi connectivity index (χ0n) is 20.1. The van der Waals surface area contributed by atoms with Crippen LogP contribution in [0, 0.1) is 0 Å². The lowest BCUT2D eigenvalue weighted by Gasteiger charge is -2.34. The summed E-state index contributed by atoms with van der Waals surface area (Å²) in [6, 6.07) is 2.53. The Kier molecular flexibility index (Phi) is 12.0. The summed E-state index contributed by atoms with van der Waals surface area (Å²) >= 11 is 0. The van der Waals surface area contributed by atoms with Crippen molar-refractivity contribution in [2.75, 3.05) is 0 Å². The Morgan fingerprint density at radius 2 is 1.07 bits per heavy atom. The summed E-state index contributed by atoms with van der Waals surface area (Å²) in [5, 5.41) is 0. The van der Waals surface area contributed by atoms with E-state index in [0.29, 0.717) is 0 Å². The molecule has 1 rings (SSSR count). The maximum atomic E-state index is 4.76. The number of unbranched alkanes of at least 4 members (excludes halogenated alkanes) is 7. The Morgan fingerprint density at radius 3 is 1.57 bits per heavy atom. The van der Waals surface area contributed by atoms with Crippen molar-refractivity contribution in [2.24, 2.45) is 0 Å². The summed E-state index contributed by atoms with van der Waals surface area (Å²) < 4.78 is 0. The quantitative estimate of drug-likeness (QED) is 0.258. The van der Waals surface area contributed by atoms with Crippen molar-refractivity contribution in [1.82, 2.24) is 4.98 Å². The van der Waals surface area contributed by atoms with Crippen LogP contribution < -0.4 is 0 Å². The van der Waals surface area contributed by atoms with Crippen molar-refractivity contribution < 1.29 is 0 Å². The number of aromatic nitrogens is 1. The predicted octanol–water partition coefficient (Wildman–Crippen LogP) is 9.14. The van der Waals surface area contributed by atoms with E-state index in [-0.39, 0.29) is 10.8 Å². The number of nitrogens with zero attached hydrogens (tertiary/aromatic N) is 1. The van der Waals surface area contributed by atoms with Crippen LogP contribution in [-0.4, -0.2) is 4.98 Å². The third kappa shape index (κ3) is 7.88. The monoisotopic (exact) mass is 387 g/mol. The highest BCUT2D eigenvalue weighted by Crippen LogP contribution is 2.39. The molecule has 0 radical (unpaired) electrons. The Hall–Kier alpha value is -0.850. The SMILES string of the molecule is CCCCCCC(C)(CC)c1cncc(C(C)(CCCC)CCCCCC)c1. The maximum Gasteiger partial charge on any atom is 0.0305 e. The molecule has 1 aromatic rings. The van der Waals surface area contributed by atoms with Crippen LogP contribution in [0.3, 0.4) is 0 Å². The predicted molar refractivity (Wildman–Crippen MR) is 126 cm³/mol. The minimum absolute atomic E-state index is 0.268. The Morgan fingerprint density at radius 1 is 0.607 bits per heavy atom. The minimum Gasteiger partial charge on any atom is -0.264 e. The summed E-state index contributed by atoms with van der Waals surface area (Å²) in [7, 11) is 0. The minimum atomic E-state index is 0.268. The van der Waals surface area contributed by atoms with E-state index in [2.05, 4.69) is 60.0 Å². The van der Waals surface area contributed by atoms with Crippen LogP contribution in [0.2, 0.25) is 0 Å². The Bertz CT molecular complexity index is 523. The van der Waals surface area contributed by atoms with Crippen molar-refractivity contribution in [3.63, 3.8) is 0 Å². The topological polar surface area (TPSA) is 12.9 Å². The van der Waals surface area contributed by atoms with Gasteiger partial charge in [0.1, 0.15) is 0 Å². The Labute approximate surface area is 177 Å². The van der Waals surface area contributed by atoms with E-state index in [9.17, 15) is 0 Å². The largest absolute Gasteiger partial charge is 0.264 e. The number of hydrogen-bond donors (Lipinski definition) is 0. The molecule has 28 heavy (non-hydrogen) atoms. The van der Waals surface area contributed by atoms with Crippen LogP contribution in [0.25, 0.3) is 0 Å². The van der Waals surface area contributed by atoms with Gasteiger partial charge in [-0.25, -0.2) is 0 Å². The lowest BCUT2D eigenvalue weighted by molar-refractivity contribution is 0.363. The number of pyridine rings is 1. The van der Waals surface area contributed by atoms with Gasteiger partial charge >= 0.3 is 0 Å². The fraction of sp³-hybridized carbons (Fsp3) is 0.815. The molecule has 1 heterocycles. The first-order valence-electron chi connectivity index (χ1n) is 12.4. The van der Waals surface area contributed by atoms with Crippen LogP contribution >= 0.6 is 0 Å². The summed E-state index contributed by atoms with van der Waals surface area (Å²) in [6.07, 6.45) is 22.8. The molecule has 0 aliphatic heterocycles. The van der Waals surface area contributed by atoms with E-state index in [1.54, 1.807) is 0 Å². The zero-order valence-corrected chi connectivity index (χ0v) is 20.1. The molecule has 0 amide bonds. The molecular weight excluding hydrogens is 338 g/mol. The van der Waals surface area contributed by atoms with Crippen LogP contribution in [0.4, 0.5) is 0 Å². The van der Waals surface area contributed by atoms with Gasteiger partial charge in [0.05, 0.1) is 0 Å². The Balaban J connectivity index is 3.00. The van der Waals surface area contributed by atoms with E-state index in [4.69, 9.17) is 4.98 Å². The molecule has 2 atom stereocenters. The molecule has 0 saturated heterocycles. The van der Waals surface area contributed by atoms with Crippen molar-refractivity contribution in [1.29, 1.82) is 0 Å². The molecule has 0 aromatic carbocycles. The third-order valence-electron chi connectivity index (χ3n) is 7.16. The van der Waals surface area contributed by atoms with Crippen LogP contribution in [0.1, 0.15) is 143 Å². The van der Waals surface area contributed by atoms with Crippen molar-refractivity contribution >= 4 is 0 Å². The molecule has 2 unspecified atom stereocenters. The van der Waals surface area contributed by atoms with Crippen LogP contribution in [0.15, 0.2) is 18.5 Å². The molecule has 1 nitrogen and oxygen atoms in total. The molecule has 1 heteroatoms. The fourth-order valence-electron chi connectivity index (χ4n) is 4.49. The molecule has 0 aliphatic rings. The summed E-state index contributed by atoms with van der Waals surface area (Å²) in [5.41, 5.74) is 3.51. The van der Waals surface area contributed by atoms with E-state index in [0.717, 1.165) is 0 Å². The van der Waals surface area contributed by atoms with E-state index >= 15 is 0 Å². The summed E-state index contributed by atoms with van der Waals surface area (Å²) in [6.45, 7) is 14.2. The standard InChI is InChI=1S/C27H49N/c1-7-11-14-16-19-26(5,10-4)24-21-25(23-28-22-24)27(6,18-13-9-3)20-17-15-12-8-2/h21-23H,7-20H2,1-6H3. The van der Waals surface area contributed by atoms with E-state index in [1.807, 2.05) is 0 Å². The van der Waals surface area contributed by atoms with Gasteiger partial charge in [0.15, 0.2) is 0 Å². The third-order valence-corrected chi connectivity index (χ3v) is 7.16. The van der Waals surface area contributed by atoms with E-state index < -0.39 is 0 Å². The molecule has 0 N–H and O–H groups in total. The van der Waals surface area contributed by atoms with Gasteiger partial charge in [-0.1, -0.05) is 112 Å². The van der Waals surface area contributed by atoms with E-state index in [1.165, 1.54) is 101 Å². The highest BCUT2D eigenvalue weighted by molar-refractivity contribution is 5.30. The first kappa shape index (κ1) is 25.2. The molecule has 0 aliphatic carbocycles. The fourth-order valence-corrected chi connectivity index (χ4v) is 4.49. The first-order valence-corrected chi connectivity index (χ1v) is 12.4.